The van der Waals surface area contributed by atoms with Gasteiger partial charge in [-0.15, -0.1) is 0 Å². The molecule has 3 heteroatoms. The zero-order chi connectivity index (χ0) is 12.8. The Morgan fingerprint density at radius 3 is 2.29 bits per heavy atom. The van der Waals surface area contributed by atoms with Crippen molar-refractivity contribution in [2.24, 2.45) is 0 Å². The standard InChI is InChI=1S/C14H23NOS/c1-10-8-12(9-11(2)14(10)16-4)13(15-3)6-7-17-5/h8-9,13,15H,6-7H2,1-5H3. The Balaban J connectivity index is 2.96. The van der Waals surface area contributed by atoms with E-state index < -0.39 is 0 Å². The molecule has 1 aromatic rings. The number of hydrogen-bond donors (Lipinski definition) is 1. The fraction of sp³-hybridized carbons (Fsp3) is 0.571. The summed E-state index contributed by atoms with van der Waals surface area (Å²) >= 11 is 1.89. The molecule has 0 aliphatic rings. The molecule has 0 saturated carbocycles. The molecule has 0 amide bonds. The van der Waals surface area contributed by atoms with E-state index in [1.54, 1.807) is 7.11 Å². The Morgan fingerprint density at radius 1 is 1.29 bits per heavy atom. The van der Waals surface area contributed by atoms with E-state index in [2.05, 4.69) is 37.6 Å². The monoisotopic (exact) mass is 253 g/mol. The molecule has 0 radical (unpaired) electrons. The Labute approximate surface area is 109 Å². The first-order chi connectivity index (χ1) is 8.13. The van der Waals surface area contributed by atoms with Crippen LogP contribution >= 0.6 is 11.8 Å². The van der Waals surface area contributed by atoms with E-state index in [-0.39, 0.29) is 0 Å². The van der Waals surface area contributed by atoms with Gasteiger partial charge in [0.05, 0.1) is 7.11 Å². The minimum absolute atomic E-state index is 0.436. The predicted molar refractivity (Wildman–Crippen MR) is 77.3 cm³/mol. The summed E-state index contributed by atoms with van der Waals surface area (Å²) in [7, 11) is 3.76. The Kier molecular flexibility index (Phi) is 5.86. The normalized spacial score (nSPS) is 12.5. The van der Waals surface area contributed by atoms with Crippen molar-refractivity contribution in [2.45, 2.75) is 26.3 Å². The molecule has 1 N–H and O–H groups in total. The molecule has 96 valence electrons. The summed E-state index contributed by atoms with van der Waals surface area (Å²) in [5, 5.41) is 3.39. The molecule has 0 aromatic heterocycles. The summed E-state index contributed by atoms with van der Waals surface area (Å²) in [5.41, 5.74) is 3.79. The van der Waals surface area contributed by atoms with Gasteiger partial charge in [0.2, 0.25) is 0 Å². The number of ether oxygens (including phenoxy) is 1. The topological polar surface area (TPSA) is 21.3 Å². The maximum Gasteiger partial charge on any atom is 0.124 e. The Hall–Kier alpha value is -0.670. The van der Waals surface area contributed by atoms with Crippen molar-refractivity contribution in [3.63, 3.8) is 0 Å². The molecule has 1 aromatic carbocycles. The summed E-state index contributed by atoms with van der Waals surface area (Å²) in [6.07, 6.45) is 3.31. The van der Waals surface area contributed by atoms with Crippen LogP contribution in [0.2, 0.25) is 0 Å². The van der Waals surface area contributed by atoms with Crippen LogP contribution in [0.25, 0.3) is 0 Å². The van der Waals surface area contributed by atoms with Crippen LogP contribution in [-0.4, -0.2) is 26.2 Å². The van der Waals surface area contributed by atoms with Crippen molar-refractivity contribution >= 4 is 11.8 Å². The largest absolute Gasteiger partial charge is 0.496 e. The van der Waals surface area contributed by atoms with Gasteiger partial charge in [0.1, 0.15) is 5.75 Å². The lowest BCUT2D eigenvalue weighted by Crippen LogP contribution is -2.17. The lowest BCUT2D eigenvalue weighted by molar-refractivity contribution is 0.408. The second-order valence-electron chi connectivity index (χ2n) is 4.31. The average Bonchev–Trinajstić information content (AvgIpc) is 2.30. The van der Waals surface area contributed by atoms with Gasteiger partial charge in [-0.1, -0.05) is 12.1 Å². The molecule has 0 saturated heterocycles. The third-order valence-corrected chi connectivity index (χ3v) is 3.69. The van der Waals surface area contributed by atoms with E-state index in [1.165, 1.54) is 22.4 Å². The first kappa shape index (κ1) is 14.4. The summed E-state index contributed by atoms with van der Waals surface area (Å²) in [6.45, 7) is 4.22. The number of nitrogens with one attached hydrogen (secondary N) is 1. The number of hydrogen-bond acceptors (Lipinski definition) is 3. The minimum Gasteiger partial charge on any atom is -0.496 e. The van der Waals surface area contributed by atoms with Crippen LogP contribution in [-0.2, 0) is 0 Å². The maximum atomic E-state index is 5.40. The fourth-order valence-electron chi connectivity index (χ4n) is 2.22. The van der Waals surface area contributed by atoms with Gasteiger partial charge in [0, 0.05) is 6.04 Å². The van der Waals surface area contributed by atoms with Gasteiger partial charge >= 0.3 is 0 Å². The van der Waals surface area contributed by atoms with Gasteiger partial charge in [0.15, 0.2) is 0 Å². The van der Waals surface area contributed by atoms with Crippen molar-refractivity contribution in [2.75, 3.05) is 26.2 Å². The third kappa shape index (κ3) is 3.65. The lowest BCUT2D eigenvalue weighted by Gasteiger charge is -2.19. The number of thioether (sulfide) groups is 1. The molecule has 0 aliphatic heterocycles. The summed E-state index contributed by atoms with van der Waals surface area (Å²) in [5.74, 6) is 2.18. The highest BCUT2D eigenvalue weighted by Gasteiger charge is 2.12. The van der Waals surface area contributed by atoms with Crippen LogP contribution in [0.1, 0.15) is 29.2 Å². The van der Waals surface area contributed by atoms with Crippen LogP contribution in [0.15, 0.2) is 12.1 Å². The van der Waals surface area contributed by atoms with Crippen LogP contribution < -0.4 is 10.1 Å². The lowest BCUT2D eigenvalue weighted by atomic mass is 9.99. The second kappa shape index (κ2) is 6.92. The second-order valence-corrected chi connectivity index (χ2v) is 5.30. The number of benzene rings is 1. The first-order valence-corrected chi connectivity index (χ1v) is 7.34. The highest BCUT2D eigenvalue weighted by molar-refractivity contribution is 7.98. The van der Waals surface area contributed by atoms with Crippen molar-refractivity contribution in [3.8, 4) is 5.75 Å². The van der Waals surface area contributed by atoms with Gasteiger partial charge in [0.25, 0.3) is 0 Å². The molecular formula is C14H23NOS. The van der Waals surface area contributed by atoms with Crippen molar-refractivity contribution in [1.29, 1.82) is 0 Å². The van der Waals surface area contributed by atoms with Gasteiger partial charge < -0.3 is 10.1 Å². The van der Waals surface area contributed by atoms with E-state index in [4.69, 9.17) is 4.74 Å². The molecular weight excluding hydrogens is 230 g/mol. The van der Waals surface area contributed by atoms with E-state index in [1.807, 2.05) is 18.8 Å². The molecule has 1 atom stereocenters. The van der Waals surface area contributed by atoms with E-state index >= 15 is 0 Å². The zero-order valence-electron chi connectivity index (χ0n) is 11.5. The molecule has 1 rings (SSSR count). The molecule has 0 bridgehead atoms. The number of aryl methyl sites for hydroxylation is 2. The summed E-state index contributed by atoms with van der Waals surface area (Å²) in [4.78, 5) is 0. The van der Waals surface area contributed by atoms with E-state index in [9.17, 15) is 0 Å². The molecule has 0 heterocycles. The van der Waals surface area contributed by atoms with Crippen LogP contribution in [0, 0.1) is 13.8 Å². The summed E-state index contributed by atoms with van der Waals surface area (Å²) < 4.78 is 5.40. The van der Waals surface area contributed by atoms with Crippen molar-refractivity contribution in [3.05, 3.63) is 28.8 Å². The summed E-state index contributed by atoms with van der Waals surface area (Å²) in [6, 6.07) is 4.89. The average molecular weight is 253 g/mol. The zero-order valence-corrected chi connectivity index (χ0v) is 12.3. The molecule has 1 unspecified atom stereocenters. The van der Waals surface area contributed by atoms with E-state index in [0.29, 0.717) is 6.04 Å². The highest BCUT2D eigenvalue weighted by Crippen LogP contribution is 2.28. The van der Waals surface area contributed by atoms with Crippen LogP contribution in [0.5, 0.6) is 5.75 Å². The molecule has 17 heavy (non-hydrogen) atoms. The Morgan fingerprint density at radius 2 is 1.88 bits per heavy atom. The van der Waals surface area contributed by atoms with E-state index in [0.717, 1.165) is 12.2 Å². The molecule has 0 aliphatic carbocycles. The SMILES string of the molecule is CNC(CCSC)c1cc(C)c(OC)c(C)c1. The molecule has 0 fully saturated rings. The van der Waals surface area contributed by atoms with Gasteiger partial charge in [-0.25, -0.2) is 0 Å². The van der Waals surface area contributed by atoms with Crippen LogP contribution in [0.4, 0.5) is 0 Å². The minimum atomic E-state index is 0.436. The predicted octanol–water partition coefficient (Wildman–Crippen LogP) is 3.33. The van der Waals surface area contributed by atoms with Crippen LogP contribution in [0.3, 0.4) is 0 Å². The Bertz CT molecular complexity index is 342. The third-order valence-electron chi connectivity index (χ3n) is 3.05. The highest BCUT2D eigenvalue weighted by atomic mass is 32.2. The molecule has 0 spiro atoms. The quantitative estimate of drug-likeness (QED) is 0.840. The maximum absolute atomic E-state index is 5.40. The van der Waals surface area contributed by atoms with Gasteiger partial charge in [-0.3, -0.25) is 0 Å². The van der Waals surface area contributed by atoms with Gasteiger partial charge in [-0.05, 0) is 56.0 Å². The first-order valence-electron chi connectivity index (χ1n) is 5.95. The van der Waals surface area contributed by atoms with Crippen molar-refractivity contribution in [1.82, 2.24) is 5.32 Å². The van der Waals surface area contributed by atoms with Gasteiger partial charge in [-0.2, -0.15) is 11.8 Å². The number of methoxy groups -OCH3 is 1. The van der Waals surface area contributed by atoms with Crippen molar-refractivity contribution < 1.29 is 4.74 Å². The number of rotatable bonds is 6. The smallest absolute Gasteiger partial charge is 0.124 e. The molecule has 2 nitrogen and oxygen atoms in total. The fourth-order valence-corrected chi connectivity index (χ4v) is 2.69.